The third kappa shape index (κ3) is 3.58. The van der Waals surface area contributed by atoms with Crippen molar-refractivity contribution in [3.05, 3.63) is 23.7 Å². The molecule has 1 aromatic heterocycles. The lowest BCUT2D eigenvalue weighted by atomic mass is 10.3. The topological polar surface area (TPSA) is 71.5 Å². The molecule has 1 amide bonds. The van der Waals surface area contributed by atoms with Gasteiger partial charge < -0.3 is 20.4 Å². The number of rotatable bonds is 6. The Morgan fingerprint density at radius 2 is 2.22 bits per heavy atom. The summed E-state index contributed by atoms with van der Waals surface area (Å²) in [6.07, 6.45) is 5.07. The van der Waals surface area contributed by atoms with E-state index in [0.29, 0.717) is 24.4 Å². The maximum atomic E-state index is 11.7. The van der Waals surface area contributed by atoms with E-state index in [1.807, 2.05) is 0 Å². The summed E-state index contributed by atoms with van der Waals surface area (Å²) in [5, 5.41) is 2.89. The van der Waals surface area contributed by atoms with Gasteiger partial charge in [0.25, 0.3) is 5.91 Å². The van der Waals surface area contributed by atoms with Crippen LogP contribution in [0.25, 0.3) is 0 Å². The third-order valence-corrected chi connectivity index (χ3v) is 3.25. The van der Waals surface area contributed by atoms with Gasteiger partial charge in [-0.1, -0.05) is 0 Å². The Hall–Kier alpha value is -1.33. The smallest absolute Gasteiger partial charge is 0.254 e. The molecule has 5 nitrogen and oxygen atoms in total. The predicted octanol–water partition coefficient (Wildman–Crippen LogP) is 0.954. The minimum atomic E-state index is -0.0835. The van der Waals surface area contributed by atoms with Gasteiger partial charge in [-0.2, -0.15) is 0 Å². The van der Waals surface area contributed by atoms with Gasteiger partial charge in [0.2, 0.25) is 0 Å². The second-order valence-corrected chi connectivity index (χ2v) is 4.66. The molecule has 1 saturated heterocycles. The van der Waals surface area contributed by atoms with Crippen LogP contribution in [0.1, 0.15) is 35.4 Å². The highest BCUT2D eigenvalue weighted by Gasteiger charge is 2.11. The third-order valence-electron chi connectivity index (χ3n) is 3.25. The monoisotopic (exact) mass is 251 g/mol. The highest BCUT2D eigenvalue weighted by atomic mass is 16.3. The van der Waals surface area contributed by atoms with E-state index in [-0.39, 0.29) is 5.91 Å². The van der Waals surface area contributed by atoms with Gasteiger partial charge in [0, 0.05) is 6.54 Å². The van der Waals surface area contributed by atoms with Gasteiger partial charge in [-0.05, 0) is 45.0 Å². The molecule has 0 radical (unpaired) electrons. The maximum Gasteiger partial charge on any atom is 0.254 e. The number of amides is 1. The molecule has 0 unspecified atom stereocenters. The molecule has 1 aromatic rings. The SMILES string of the molecule is NCc1cc(C(=O)NCCCN2CCCC2)co1. The van der Waals surface area contributed by atoms with Crippen molar-refractivity contribution in [2.24, 2.45) is 5.73 Å². The van der Waals surface area contributed by atoms with Crippen LogP contribution in [0.2, 0.25) is 0 Å². The quantitative estimate of drug-likeness (QED) is 0.739. The maximum absolute atomic E-state index is 11.7. The summed E-state index contributed by atoms with van der Waals surface area (Å²) >= 11 is 0. The van der Waals surface area contributed by atoms with Crippen molar-refractivity contribution in [1.82, 2.24) is 10.2 Å². The Balaban J connectivity index is 1.65. The van der Waals surface area contributed by atoms with Crippen molar-refractivity contribution in [2.75, 3.05) is 26.2 Å². The van der Waals surface area contributed by atoms with Crippen LogP contribution >= 0.6 is 0 Å². The average molecular weight is 251 g/mol. The normalized spacial score (nSPS) is 16.1. The summed E-state index contributed by atoms with van der Waals surface area (Å²) in [6.45, 7) is 4.51. The Morgan fingerprint density at radius 1 is 1.44 bits per heavy atom. The molecule has 0 saturated carbocycles. The largest absolute Gasteiger partial charge is 0.467 e. The molecule has 1 aliphatic rings. The van der Waals surface area contributed by atoms with Gasteiger partial charge in [0.1, 0.15) is 12.0 Å². The van der Waals surface area contributed by atoms with Gasteiger partial charge in [0.05, 0.1) is 12.1 Å². The molecule has 0 aromatic carbocycles. The zero-order chi connectivity index (χ0) is 12.8. The molecule has 1 aliphatic heterocycles. The molecule has 5 heteroatoms. The van der Waals surface area contributed by atoms with Crippen molar-refractivity contribution in [1.29, 1.82) is 0 Å². The number of nitrogens with zero attached hydrogens (tertiary/aromatic N) is 1. The van der Waals surface area contributed by atoms with Crippen LogP contribution in [0.15, 0.2) is 16.7 Å². The molecular weight excluding hydrogens is 230 g/mol. The van der Waals surface area contributed by atoms with Crippen LogP contribution in [0.4, 0.5) is 0 Å². The second-order valence-electron chi connectivity index (χ2n) is 4.66. The van der Waals surface area contributed by atoms with E-state index in [9.17, 15) is 4.79 Å². The van der Waals surface area contributed by atoms with E-state index < -0.39 is 0 Å². The number of likely N-dealkylation sites (tertiary alicyclic amines) is 1. The van der Waals surface area contributed by atoms with Crippen molar-refractivity contribution >= 4 is 5.91 Å². The summed E-state index contributed by atoms with van der Waals surface area (Å²) in [5.74, 6) is 0.553. The molecule has 1 fully saturated rings. The van der Waals surface area contributed by atoms with Crippen LogP contribution in [0.3, 0.4) is 0 Å². The van der Waals surface area contributed by atoms with Crippen LogP contribution < -0.4 is 11.1 Å². The molecule has 0 atom stereocenters. The molecule has 3 N–H and O–H groups in total. The van der Waals surface area contributed by atoms with Gasteiger partial charge in [-0.25, -0.2) is 0 Å². The van der Waals surface area contributed by atoms with Crippen LogP contribution in [-0.4, -0.2) is 37.0 Å². The van der Waals surface area contributed by atoms with Crippen molar-refractivity contribution in [3.63, 3.8) is 0 Å². The van der Waals surface area contributed by atoms with E-state index in [1.165, 1.54) is 32.2 Å². The number of carbonyl (C=O) groups excluding carboxylic acids is 1. The Kier molecular flexibility index (Phi) is 4.78. The minimum Gasteiger partial charge on any atom is -0.467 e. The molecular formula is C13H21N3O2. The lowest BCUT2D eigenvalue weighted by molar-refractivity contribution is 0.0951. The lowest BCUT2D eigenvalue weighted by Gasteiger charge is -2.13. The lowest BCUT2D eigenvalue weighted by Crippen LogP contribution is -2.28. The number of nitrogens with one attached hydrogen (secondary N) is 1. The summed E-state index contributed by atoms with van der Waals surface area (Å²) < 4.78 is 5.13. The van der Waals surface area contributed by atoms with E-state index in [1.54, 1.807) is 6.07 Å². The van der Waals surface area contributed by atoms with Gasteiger partial charge in [0.15, 0.2) is 0 Å². The number of hydrogen-bond donors (Lipinski definition) is 2. The van der Waals surface area contributed by atoms with E-state index in [4.69, 9.17) is 10.2 Å². The Bertz CT molecular complexity index is 383. The second kappa shape index (κ2) is 6.56. The molecule has 18 heavy (non-hydrogen) atoms. The first-order valence-corrected chi connectivity index (χ1v) is 6.57. The van der Waals surface area contributed by atoms with E-state index >= 15 is 0 Å². The van der Waals surface area contributed by atoms with Crippen molar-refractivity contribution in [2.45, 2.75) is 25.8 Å². The molecule has 100 valence electrons. The fourth-order valence-electron chi connectivity index (χ4n) is 2.22. The standard InChI is InChI=1S/C13H21N3O2/c14-9-12-8-11(10-18-12)13(17)15-4-3-7-16-5-1-2-6-16/h8,10H,1-7,9,14H2,(H,15,17). The summed E-state index contributed by atoms with van der Waals surface area (Å²) in [6, 6.07) is 1.69. The number of nitrogens with two attached hydrogens (primary N) is 1. The molecule has 0 aliphatic carbocycles. The fraction of sp³-hybridized carbons (Fsp3) is 0.615. The number of hydrogen-bond acceptors (Lipinski definition) is 4. The van der Waals surface area contributed by atoms with Gasteiger partial charge in [-0.3, -0.25) is 4.79 Å². The van der Waals surface area contributed by atoms with E-state index in [0.717, 1.165) is 13.0 Å². The first kappa shape index (κ1) is 13.1. The first-order valence-electron chi connectivity index (χ1n) is 6.57. The zero-order valence-corrected chi connectivity index (χ0v) is 10.7. The number of furan rings is 1. The number of carbonyl (C=O) groups is 1. The van der Waals surface area contributed by atoms with Gasteiger partial charge >= 0.3 is 0 Å². The average Bonchev–Trinajstić information content (AvgIpc) is 3.05. The fourth-order valence-corrected chi connectivity index (χ4v) is 2.22. The van der Waals surface area contributed by atoms with E-state index in [2.05, 4.69) is 10.2 Å². The van der Waals surface area contributed by atoms with Crippen LogP contribution in [0.5, 0.6) is 0 Å². The highest BCUT2D eigenvalue weighted by Crippen LogP contribution is 2.08. The molecule has 2 heterocycles. The summed E-state index contributed by atoms with van der Waals surface area (Å²) in [5.41, 5.74) is 5.98. The summed E-state index contributed by atoms with van der Waals surface area (Å²) in [4.78, 5) is 14.2. The summed E-state index contributed by atoms with van der Waals surface area (Å²) in [7, 11) is 0. The molecule has 0 bridgehead atoms. The van der Waals surface area contributed by atoms with Gasteiger partial charge in [-0.15, -0.1) is 0 Å². The molecule has 2 rings (SSSR count). The minimum absolute atomic E-state index is 0.0835. The first-order chi connectivity index (χ1) is 8.79. The van der Waals surface area contributed by atoms with Crippen LogP contribution in [0, 0.1) is 0 Å². The predicted molar refractivity (Wildman–Crippen MR) is 69.2 cm³/mol. The molecule has 0 spiro atoms. The highest BCUT2D eigenvalue weighted by molar-refractivity contribution is 5.93. The van der Waals surface area contributed by atoms with Crippen molar-refractivity contribution < 1.29 is 9.21 Å². The Labute approximate surface area is 107 Å². The van der Waals surface area contributed by atoms with Crippen molar-refractivity contribution in [3.8, 4) is 0 Å². The van der Waals surface area contributed by atoms with Crippen LogP contribution in [-0.2, 0) is 6.54 Å². The zero-order valence-electron chi connectivity index (χ0n) is 10.7. The Morgan fingerprint density at radius 3 is 2.89 bits per heavy atom.